The van der Waals surface area contributed by atoms with Crippen LogP contribution in [0.1, 0.15) is 0 Å². The lowest BCUT2D eigenvalue weighted by Crippen LogP contribution is -2.21. The smallest absolute Gasteiger partial charge is 0.475 e. The molecule has 9 heavy (non-hydrogen) atoms. The van der Waals surface area contributed by atoms with Crippen LogP contribution in [0.15, 0.2) is 0 Å². The number of carboxylic acid groups (broad SMARTS) is 1. The summed E-state index contributed by atoms with van der Waals surface area (Å²) in [6, 6.07) is 0. The highest BCUT2D eigenvalue weighted by atomic mass is 35.5. The van der Waals surface area contributed by atoms with Crippen LogP contribution in [-0.4, -0.2) is 23.6 Å². The largest absolute Gasteiger partial charge is 0.490 e. The molecule has 6 heteroatoms. The van der Waals surface area contributed by atoms with Gasteiger partial charge in [-0.1, -0.05) is 0 Å². The minimum atomic E-state index is -5.08. The molecule has 0 unspecified atom stereocenters. The van der Waals surface area contributed by atoms with Crippen molar-refractivity contribution in [1.82, 2.24) is 0 Å². The van der Waals surface area contributed by atoms with Crippen LogP contribution in [0.25, 0.3) is 0 Å². The lowest BCUT2D eigenvalue weighted by atomic mass is 10.7. The summed E-state index contributed by atoms with van der Waals surface area (Å²) in [6.45, 7) is 0. The van der Waals surface area contributed by atoms with Crippen LogP contribution in [0.2, 0.25) is 0 Å². The molecule has 0 radical (unpaired) electrons. The molecule has 0 aliphatic rings. The molecule has 0 atom stereocenters. The maximum atomic E-state index is 10.6. The number of carbonyl (C=O) groups is 1. The highest BCUT2D eigenvalue weighted by Gasteiger charge is 2.38. The molecule has 0 spiro atoms. The number of halogens is 4. The summed E-state index contributed by atoms with van der Waals surface area (Å²) in [6.07, 6.45) is -3.61. The van der Waals surface area contributed by atoms with E-state index in [1.54, 1.807) is 0 Å². The van der Waals surface area contributed by atoms with Crippen molar-refractivity contribution in [3.05, 3.63) is 0 Å². The van der Waals surface area contributed by atoms with Gasteiger partial charge in [-0.3, -0.25) is 0 Å². The van der Waals surface area contributed by atoms with Gasteiger partial charge in [-0.05, 0) is 0 Å². The van der Waals surface area contributed by atoms with Crippen molar-refractivity contribution in [2.75, 3.05) is 6.38 Å². The summed E-state index contributed by atoms with van der Waals surface area (Å²) in [5, 5.41) is 7.12. The Balaban J connectivity index is 0. The van der Waals surface area contributed by atoms with E-state index in [0.717, 1.165) is 0 Å². The number of hydrogen-bond donors (Lipinski definition) is 1. The second-order valence-electron chi connectivity index (χ2n) is 0.803. The zero-order chi connectivity index (χ0) is 8.08. The van der Waals surface area contributed by atoms with Crippen LogP contribution in [-0.2, 0) is 4.79 Å². The van der Waals surface area contributed by atoms with E-state index >= 15 is 0 Å². The van der Waals surface area contributed by atoms with Gasteiger partial charge < -0.3 is 5.11 Å². The minimum Gasteiger partial charge on any atom is -0.475 e. The summed E-state index contributed by atoms with van der Waals surface area (Å²) in [4.78, 5) is 8.90. The first kappa shape index (κ1) is 11.4. The first-order valence-electron chi connectivity index (χ1n) is 1.62. The second kappa shape index (κ2) is 4.43. The van der Waals surface area contributed by atoms with E-state index in [2.05, 4.69) is 11.6 Å². The van der Waals surface area contributed by atoms with Gasteiger partial charge in [0, 0.05) is 6.38 Å². The highest BCUT2D eigenvalue weighted by molar-refractivity contribution is 6.15. The quantitative estimate of drug-likeness (QED) is 0.551. The van der Waals surface area contributed by atoms with E-state index in [4.69, 9.17) is 9.90 Å². The number of carboxylic acids is 1. The Hall–Kier alpha value is -0.450. The Morgan fingerprint density at radius 2 is 1.56 bits per heavy atom. The van der Waals surface area contributed by atoms with Crippen LogP contribution in [0.3, 0.4) is 0 Å². The standard InChI is InChI=1S/C2HF3O2.CH3Cl/c3-2(4,5)1(6)7;1-2/h(H,6,7);1H3. The fourth-order valence-electron chi connectivity index (χ4n) is 0. The summed E-state index contributed by atoms with van der Waals surface area (Å²) < 4.78 is 31.7. The van der Waals surface area contributed by atoms with Crippen molar-refractivity contribution < 1.29 is 23.1 Å². The lowest BCUT2D eigenvalue weighted by molar-refractivity contribution is -0.192. The Bertz CT molecular complexity index is 89.5. The van der Waals surface area contributed by atoms with Crippen LogP contribution in [0.5, 0.6) is 0 Å². The SMILES string of the molecule is CCl.O=C(O)C(F)(F)F. The first-order chi connectivity index (χ1) is 3.94. The molecule has 0 saturated heterocycles. The molecule has 0 aliphatic carbocycles. The van der Waals surface area contributed by atoms with Gasteiger partial charge in [0.25, 0.3) is 0 Å². The molecule has 0 aromatic heterocycles. The number of alkyl halides is 4. The molecule has 0 rings (SSSR count). The van der Waals surface area contributed by atoms with Gasteiger partial charge in [-0.2, -0.15) is 13.2 Å². The molecule has 0 aromatic carbocycles. The van der Waals surface area contributed by atoms with Crippen LogP contribution in [0, 0.1) is 0 Å². The van der Waals surface area contributed by atoms with Gasteiger partial charge in [0.15, 0.2) is 0 Å². The van der Waals surface area contributed by atoms with Crippen LogP contribution >= 0.6 is 11.6 Å². The molecule has 0 bridgehead atoms. The second-order valence-corrected chi connectivity index (χ2v) is 0.803. The number of aliphatic carboxylic acids is 1. The predicted molar refractivity (Wildman–Crippen MR) is 25.5 cm³/mol. The Kier molecular flexibility index (Phi) is 5.59. The van der Waals surface area contributed by atoms with E-state index in [-0.39, 0.29) is 0 Å². The van der Waals surface area contributed by atoms with E-state index in [1.165, 1.54) is 6.38 Å². The third kappa shape index (κ3) is 7.55. The zero-order valence-electron chi connectivity index (χ0n) is 4.37. The van der Waals surface area contributed by atoms with Crippen molar-refractivity contribution >= 4 is 17.6 Å². The van der Waals surface area contributed by atoms with E-state index in [1.807, 2.05) is 0 Å². The fourth-order valence-corrected chi connectivity index (χ4v) is 0. The van der Waals surface area contributed by atoms with Gasteiger partial charge in [0.05, 0.1) is 0 Å². The Morgan fingerprint density at radius 1 is 1.44 bits per heavy atom. The first-order valence-corrected chi connectivity index (χ1v) is 2.38. The van der Waals surface area contributed by atoms with Gasteiger partial charge in [0.1, 0.15) is 0 Å². The molecule has 56 valence electrons. The van der Waals surface area contributed by atoms with Gasteiger partial charge in [-0.15, -0.1) is 11.6 Å². The Labute approximate surface area is 54.2 Å². The summed E-state index contributed by atoms with van der Waals surface area (Å²) in [5.74, 6) is -2.76. The fraction of sp³-hybridized carbons (Fsp3) is 0.667. The normalized spacial score (nSPS) is 9.44. The van der Waals surface area contributed by atoms with Gasteiger partial charge in [0.2, 0.25) is 0 Å². The third-order valence-corrected chi connectivity index (χ3v) is 0.243. The zero-order valence-corrected chi connectivity index (χ0v) is 5.12. The van der Waals surface area contributed by atoms with E-state index in [9.17, 15) is 13.2 Å². The maximum absolute atomic E-state index is 10.6. The van der Waals surface area contributed by atoms with Crippen LogP contribution in [0.4, 0.5) is 13.2 Å². The van der Waals surface area contributed by atoms with Crippen molar-refractivity contribution in [3.63, 3.8) is 0 Å². The molecule has 0 amide bonds. The third-order valence-electron chi connectivity index (χ3n) is 0.243. The maximum Gasteiger partial charge on any atom is 0.490 e. The molecule has 2 nitrogen and oxygen atoms in total. The minimum absolute atomic E-state index is 1.47. The van der Waals surface area contributed by atoms with Crippen molar-refractivity contribution in [3.8, 4) is 0 Å². The Morgan fingerprint density at radius 3 is 1.56 bits per heavy atom. The van der Waals surface area contributed by atoms with Gasteiger partial charge in [-0.25, -0.2) is 4.79 Å². The lowest BCUT2D eigenvalue weighted by Gasteiger charge is -1.93. The van der Waals surface area contributed by atoms with Crippen molar-refractivity contribution in [2.24, 2.45) is 0 Å². The molecule has 0 saturated carbocycles. The van der Waals surface area contributed by atoms with Crippen LogP contribution < -0.4 is 0 Å². The van der Waals surface area contributed by atoms with Crippen molar-refractivity contribution in [1.29, 1.82) is 0 Å². The van der Waals surface area contributed by atoms with Gasteiger partial charge >= 0.3 is 12.1 Å². The molecule has 1 N–H and O–H groups in total. The molecule has 0 aliphatic heterocycles. The molecular weight excluding hydrogens is 160 g/mol. The summed E-state index contributed by atoms with van der Waals surface area (Å²) in [7, 11) is 0. The number of hydrogen-bond acceptors (Lipinski definition) is 1. The molecule has 0 heterocycles. The molecule has 0 aromatic rings. The summed E-state index contributed by atoms with van der Waals surface area (Å²) in [5.41, 5.74) is 0. The average Bonchev–Trinajstić information content (AvgIpc) is 1.69. The highest BCUT2D eigenvalue weighted by Crippen LogP contribution is 2.13. The molecular formula is C3H4ClF3O2. The summed E-state index contributed by atoms with van der Waals surface area (Å²) >= 11 is 4.64. The average molecular weight is 165 g/mol. The molecule has 0 fully saturated rings. The number of rotatable bonds is 0. The monoisotopic (exact) mass is 164 g/mol. The van der Waals surface area contributed by atoms with Crippen molar-refractivity contribution in [2.45, 2.75) is 6.18 Å². The predicted octanol–water partition coefficient (Wildman–Crippen LogP) is 1.49. The van der Waals surface area contributed by atoms with E-state index < -0.39 is 12.1 Å². The van der Waals surface area contributed by atoms with E-state index in [0.29, 0.717) is 0 Å². The topological polar surface area (TPSA) is 37.3 Å².